The number of allylic oxidation sites excluding steroid dienone is 1. The number of aryl methyl sites for hydroxylation is 2. The quantitative estimate of drug-likeness (QED) is 0.616. The van der Waals surface area contributed by atoms with Gasteiger partial charge in [-0.3, -0.25) is 0 Å². The number of rotatable bonds is 3. The number of fused-ring (bicyclic) bond motifs is 1. The number of benzene rings is 3. The molecule has 0 amide bonds. The molecule has 0 N–H and O–H groups in total. The first kappa shape index (κ1) is 18.5. The van der Waals surface area contributed by atoms with Crippen LogP contribution in [0.1, 0.15) is 27.8 Å². The molecule has 3 aromatic carbocycles. The second kappa shape index (κ2) is 6.95. The highest BCUT2D eigenvalue weighted by Crippen LogP contribution is 2.39. The van der Waals surface area contributed by atoms with E-state index in [2.05, 4.69) is 38.1 Å². The van der Waals surface area contributed by atoms with Gasteiger partial charge in [0.05, 0.1) is 4.90 Å². The van der Waals surface area contributed by atoms with Gasteiger partial charge in [-0.2, -0.15) is 0 Å². The van der Waals surface area contributed by atoms with Crippen molar-refractivity contribution in [3.05, 3.63) is 94.5 Å². The Labute approximate surface area is 166 Å². The highest BCUT2D eigenvalue weighted by atomic mass is 32.2. The highest BCUT2D eigenvalue weighted by molar-refractivity contribution is 7.90. The van der Waals surface area contributed by atoms with Crippen molar-refractivity contribution in [1.29, 1.82) is 0 Å². The molecule has 1 aliphatic rings. The summed E-state index contributed by atoms with van der Waals surface area (Å²) in [6, 6.07) is 21.4. The molecular weight excluding hydrogens is 368 g/mol. The fourth-order valence-corrected chi connectivity index (χ4v) is 4.07. The van der Waals surface area contributed by atoms with Gasteiger partial charge < -0.3 is 4.74 Å². The second-order valence-electron chi connectivity index (χ2n) is 7.29. The molecule has 3 aromatic rings. The molecule has 0 saturated carbocycles. The van der Waals surface area contributed by atoms with E-state index < -0.39 is 9.84 Å². The summed E-state index contributed by atoms with van der Waals surface area (Å²) in [5.41, 5.74) is 6.73. The summed E-state index contributed by atoms with van der Waals surface area (Å²) >= 11 is 0. The Balaban J connectivity index is 1.87. The average Bonchev–Trinajstić information content (AvgIpc) is 2.68. The maximum absolute atomic E-state index is 11.8. The Bertz CT molecular complexity index is 1190. The summed E-state index contributed by atoms with van der Waals surface area (Å²) in [7, 11) is -3.23. The zero-order valence-corrected chi connectivity index (χ0v) is 17.0. The Morgan fingerprint density at radius 1 is 0.821 bits per heavy atom. The van der Waals surface area contributed by atoms with Crippen molar-refractivity contribution in [1.82, 2.24) is 0 Å². The zero-order valence-electron chi connectivity index (χ0n) is 16.2. The van der Waals surface area contributed by atoms with Gasteiger partial charge in [0.25, 0.3) is 0 Å². The van der Waals surface area contributed by atoms with Crippen molar-refractivity contribution in [3.63, 3.8) is 0 Å². The van der Waals surface area contributed by atoms with Crippen molar-refractivity contribution < 1.29 is 13.2 Å². The molecule has 0 fully saturated rings. The summed E-state index contributed by atoms with van der Waals surface area (Å²) < 4.78 is 29.9. The lowest BCUT2D eigenvalue weighted by molar-refractivity contribution is 0.502. The largest absolute Gasteiger partial charge is 0.456 e. The van der Waals surface area contributed by atoms with Crippen LogP contribution in [0.5, 0.6) is 5.75 Å². The van der Waals surface area contributed by atoms with Crippen LogP contribution in [0.3, 0.4) is 0 Å². The first-order valence-corrected chi connectivity index (χ1v) is 11.1. The van der Waals surface area contributed by atoms with E-state index in [1.54, 1.807) is 12.1 Å². The molecule has 0 spiro atoms. The first-order chi connectivity index (χ1) is 13.3. The molecule has 0 aliphatic carbocycles. The lowest BCUT2D eigenvalue weighted by Crippen LogP contribution is -2.10. The van der Waals surface area contributed by atoms with Crippen LogP contribution < -0.4 is 4.74 Å². The first-order valence-electron chi connectivity index (χ1n) is 9.20. The van der Waals surface area contributed by atoms with E-state index in [-0.39, 0.29) is 0 Å². The zero-order chi connectivity index (χ0) is 19.9. The molecule has 1 heterocycles. The van der Waals surface area contributed by atoms with E-state index in [0.29, 0.717) is 4.90 Å². The van der Waals surface area contributed by atoms with Crippen LogP contribution in [0.25, 0.3) is 11.3 Å². The van der Waals surface area contributed by atoms with Crippen molar-refractivity contribution in [2.24, 2.45) is 0 Å². The monoisotopic (exact) mass is 390 g/mol. The summed E-state index contributed by atoms with van der Waals surface area (Å²) in [5, 5.41) is 0. The van der Waals surface area contributed by atoms with Crippen molar-refractivity contribution in [2.45, 2.75) is 25.2 Å². The van der Waals surface area contributed by atoms with Gasteiger partial charge in [0.2, 0.25) is 0 Å². The predicted molar refractivity (Wildman–Crippen MR) is 113 cm³/mol. The van der Waals surface area contributed by atoms with Crippen LogP contribution >= 0.6 is 0 Å². The van der Waals surface area contributed by atoms with Crippen molar-refractivity contribution in [2.75, 3.05) is 6.26 Å². The van der Waals surface area contributed by atoms with Crippen LogP contribution in [-0.4, -0.2) is 14.7 Å². The van der Waals surface area contributed by atoms with Crippen LogP contribution in [0.15, 0.2) is 71.6 Å². The molecule has 142 valence electrons. The number of hydrogen-bond donors (Lipinski definition) is 0. The topological polar surface area (TPSA) is 43.4 Å². The fraction of sp³-hybridized carbons (Fsp3) is 0.167. The molecule has 0 saturated heterocycles. The van der Waals surface area contributed by atoms with E-state index in [9.17, 15) is 8.42 Å². The normalized spacial score (nSPS) is 13.8. The minimum absolute atomic E-state index is 0.306. The molecule has 3 nitrogen and oxygen atoms in total. The van der Waals surface area contributed by atoms with Crippen molar-refractivity contribution in [3.8, 4) is 5.75 Å². The molecule has 28 heavy (non-hydrogen) atoms. The van der Waals surface area contributed by atoms with Gasteiger partial charge in [0.1, 0.15) is 11.5 Å². The summed E-state index contributed by atoms with van der Waals surface area (Å²) in [6.07, 6.45) is 1.98. The Morgan fingerprint density at radius 3 is 2.18 bits per heavy atom. The molecule has 0 aromatic heterocycles. The van der Waals surface area contributed by atoms with Crippen LogP contribution in [-0.2, 0) is 16.3 Å². The van der Waals surface area contributed by atoms with Gasteiger partial charge in [-0.15, -0.1) is 0 Å². The Kier molecular flexibility index (Phi) is 4.60. The number of para-hydroxylation sites is 1. The lowest BCUT2D eigenvalue weighted by atomic mass is 9.90. The smallest absolute Gasteiger partial charge is 0.175 e. The fourth-order valence-electron chi connectivity index (χ4n) is 3.44. The summed E-state index contributed by atoms with van der Waals surface area (Å²) in [6.45, 7) is 4.21. The Hall–Kier alpha value is -2.85. The molecule has 4 heteroatoms. The summed E-state index contributed by atoms with van der Waals surface area (Å²) in [4.78, 5) is 0.306. The van der Waals surface area contributed by atoms with Gasteiger partial charge in [-0.25, -0.2) is 8.42 Å². The van der Waals surface area contributed by atoms with Crippen LogP contribution in [0.2, 0.25) is 0 Å². The molecular formula is C24H22O3S. The molecule has 0 radical (unpaired) electrons. The third-order valence-electron chi connectivity index (χ3n) is 5.23. The maximum Gasteiger partial charge on any atom is 0.175 e. The van der Waals surface area contributed by atoms with Crippen LogP contribution in [0.4, 0.5) is 0 Å². The number of hydrogen-bond acceptors (Lipinski definition) is 3. The highest BCUT2D eigenvalue weighted by Gasteiger charge is 2.22. The van der Waals surface area contributed by atoms with Gasteiger partial charge >= 0.3 is 0 Å². The third kappa shape index (κ3) is 3.48. The molecule has 0 bridgehead atoms. The number of ether oxygens (including phenoxy) is 1. The summed E-state index contributed by atoms with van der Waals surface area (Å²) in [5.74, 6) is 1.62. The maximum atomic E-state index is 11.8. The van der Waals surface area contributed by atoms with E-state index in [1.165, 1.54) is 17.4 Å². The average molecular weight is 391 g/mol. The van der Waals surface area contributed by atoms with Gasteiger partial charge in [-0.1, -0.05) is 36.4 Å². The molecule has 1 aliphatic heterocycles. The molecule has 0 unspecified atom stereocenters. The van der Waals surface area contributed by atoms with E-state index in [0.717, 1.165) is 40.2 Å². The molecule has 0 atom stereocenters. The van der Waals surface area contributed by atoms with E-state index in [4.69, 9.17) is 4.74 Å². The van der Waals surface area contributed by atoms with Crippen LogP contribution in [0, 0.1) is 13.8 Å². The third-order valence-corrected chi connectivity index (χ3v) is 6.35. The van der Waals surface area contributed by atoms with Gasteiger partial charge in [0, 0.05) is 23.8 Å². The number of sulfone groups is 1. The SMILES string of the molecule is Cc1ccc(C2=C(c3ccc(S(C)(=O)=O)cc3)Oc3ccccc3C2)cc1C. The van der Waals surface area contributed by atoms with E-state index >= 15 is 0 Å². The van der Waals surface area contributed by atoms with Gasteiger partial charge in [-0.05, 0) is 66.4 Å². The second-order valence-corrected chi connectivity index (χ2v) is 9.31. The van der Waals surface area contributed by atoms with Crippen molar-refractivity contribution >= 4 is 21.2 Å². The van der Waals surface area contributed by atoms with E-state index in [1.807, 2.05) is 30.3 Å². The van der Waals surface area contributed by atoms with Gasteiger partial charge in [0.15, 0.2) is 9.84 Å². The minimum Gasteiger partial charge on any atom is -0.456 e. The lowest BCUT2D eigenvalue weighted by Gasteiger charge is -2.24. The minimum atomic E-state index is -3.23. The standard InChI is InChI=1S/C24H22O3S/c1-16-8-9-19(14-17(16)2)22-15-20-6-4-5-7-23(20)27-24(22)18-10-12-21(13-11-18)28(3,25)26/h4-14H,15H2,1-3H3. The Morgan fingerprint density at radius 2 is 1.50 bits per heavy atom. The predicted octanol–water partition coefficient (Wildman–Crippen LogP) is 5.21. The molecule has 4 rings (SSSR count).